The van der Waals surface area contributed by atoms with E-state index >= 15 is 0 Å². The van der Waals surface area contributed by atoms with E-state index < -0.39 is 7.82 Å². The average molecular weight is 186 g/mol. The van der Waals surface area contributed by atoms with Crippen LogP contribution in [0.1, 0.15) is 0 Å². The van der Waals surface area contributed by atoms with E-state index in [9.17, 15) is 0 Å². The summed E-state index contributed by atoms with van der Waals surface area (Å²) in [7, 11) is -5.39. The summed E-state index contributed by atoms with van der Waals surface area (Å²) >= 11 is 0. The maximum absolute atomic E-state index is 8.55. The van der Waals surface area contributed by atoms with E-state index in [-0.39, 0.29) is 29.5 Å². The predicted molar refractivity (Wildman–Crippen MR) is 7.61 cm³/mol. The minimum absolute atomic E-state index is 0. The summed E-state index contributed by atoms with van der Waals surface area (Å²) in [5.41, 5.74) is 0. The van der Waals surface area contributed by atoms with Gasteiger partial charge in [0.15, 0.2) is 0 Å². The number of hydrogen-bond donors (Lipinski definition) is 0. The van der Waals surface area contributed by atoms with Crippen LogP contribution in [0.4, 0.5) is 0 Å². The van der Waals surface area contributed by atoms with Gasteiger partial charge in [0, 0.05) is 0 Å². The molecule has 0 bridgehead atoms. The third kappa shape index (κ3) is 198. The van der Waals surface area contributed by atoms with E-state index in [1.165, 1.54) is 0 Å². The molecule has 0 aliphatic rings. The Kier molecular flexibility index (Phi) is 11.3. The SMILES string of the molecule is O=P([O-])([O-])[O-].[Cl-].[Fe+4]. The first-order valence-corrected chi connectivity index (χ1v) is 2.19. The van der Waals surface area contributed by atoms with Crippen molar-refractivity contribution in [1.82, 2.24) is 0 Å². The van der Waals surface area contributed by atoms with Gasteiger partial charge in [-0.25, -0.2) is 0 Å². The molecule has 0 N–H and O–H groups in total. The van der Waals surface area contributed by atoms with Gasteiger partial charge in [0.05, 0.1) is 0 Å². The van der Waals surface area contributed by atoms with Crippen LogP contribution in [0, 0.1) is 0 Å². The summed E-state index contributed by atoms with van der Waals surface area (Å²) in [4.78, 5) is 25.6. The minimum Gasteiger partial charge on any atom is -1.00 e. The van der Waals surface area contributed by atoms with Crippen LogP contribution in [0.3, 0.4) is 0 Å². The Balaban J connectivity index is -0.0000000800. The van der Waals surface area contributed by atoms with E-state index in [2.05, 4.69) is 0 Å². The second kappa shape index (κ2) is 5.06. The van der Waals surface area contributed by atoms with Crippen molar-refractivity contribution in [3.8, 4) is 0 Å². The molecule has 0 spiro atoms. The molecule has 0 fully saturated rings. The number of rotatable bonds is 0. The van der Waals surface area contributed by atoms with Gasteiger partial charge < -0.3 is 31.7 Å². The summed E-state index contributed by atoms with van der Waals surface area (Å²) in [6, 6.07) is 0. The average Bonchev–Trinajstić information content (AvgIpc) is 0.722. The van der Waals surface area contributed by atoms with Crippen molar-refractivity contribution in [3.63, 3.8) is 0 Å². The normalized spacial score (nSPS) is 8.43. The van der Waals surface area contributed by atoms with Gasteiger partial charge in [-0.15, -0.1) is 0 Å². The van der Waals surface area contributed by atoms with Crippen LogP contribution in [0.25, 0.3) is 0 Å². The molecule has 44 valence electrons. The maximum atomic E-state index is 8.55. The monoisotopic (exact) mass is 186 g/mol. The summed E-state index contributed by atoms with van der Waals surface area (Å²) in [5.74, 6) is 0. The zero-order chi connectivity index (χ0) is 4.50. The van der Waals surface area contributed by atoms with E-state index in [1.807, 2.05) is 0 Å². The van der Waals surface area contributed by atoms with Crippen molar-refractivity contribution in [2.45, 2.75) is 0 Å². The van der Waals surface area contributed by atoms with E-state index in [4.69, 9.17) is 19.2 Å². The van der Waals surface area contributed by atoms with E-state index in [0.717, 1.165) is 0 Å². The van der Waals surface area contributed by atoms with E-state index in [1.54, 1.807) is 0 Å². The molecule has 7 heavy (non-hydrogen) atoms. The Labute approximate surface area is 57.1 Å². The van der Waals surface area contributed by atoms with Crippen LogP contribution in [0.5, 0.6) is 0 Å². The Bertz CT molecular complexity index is 57.8. The van der Waals surface area contributed by atoms with Crippen LogP contribution in [0.2, 0.25) is 0 Å². The van der Waals surface area contributed by atoms with Gasteiger partial charge in [-0.3, -0.25) is 0 Å². The molecule has 0 radical (unpaired) electrons. The Morgan fingerprint density at radius 3 is 1.14 bits per heavy atom. The molecule has 0 aliphatic heterocycles. The summed E-state index contributed by atoms with van der Waals surface area (Å²) in [6.07, 6.45) is 0. The minimum atomic E-state index is -5.39. The van der Waals surface area contributed by atoms with Gasteiger partial charge >= 0.3 is 17.1 Å². The van der Waals surface area contributed by atoms with Crippen LogP contribution in [-0.2, 0) is 21.6 Å². The molecule has 0 aromatic rings. The Morgan fingerprint density at radius 1 is 1.14 bits per heavy atom. The molecule has 0 saturated carbocycles. The second-order valence-corrected chi connectivity index (χ2v) is 1.34. The number of phosphoric acid groups is 1. The molecule has 0 aliphatic carbocycles. The Morgan fingerprint density at radius 2 is 1.14 bits per heavy atom. The molecule has 0 atom stereocenters. The molecule has 0 heterocycles. The fourth-order valence-corrected chi connectivity index (χ4v) is 0. The van der Waals surface area contributed by atoms with E-state index in [0.29, 0.717) is 0 Å². The van der Waals surface area contributed by atoms with Gasteiger partial charge in [-0.05, 0) is 0 Å². The summed E-state index contributed by atoms with van der Waals surface area (Å²) in [6.45, 7) is 0. The third-order valence-electron chi connectivity index (χ3n) is 0. The molecule has 0 rings (SSSR count). The van der Waals surface area contributed by atoms with Crippen LogP contribution in [-0.4, -0.2) is 0 Å². The van der Waals surface area contributed by atoms with Crippen molar-refractivity contribution in [2.75, 3.05) is 0 Å². The van der Waals surface area contributed by atoms with Gasteiger partial charge in [-0.2, -0.15) is 7.82 Å². The smallest absolute Gasteiger partial charge is 1.00 e. The zero-order valence-electron chi connectivity index (χ0n) is 2.81. The summed E-state index contributed by atoms with van der Waals surface area (Å²) < 4.78 is 8.55. The molecule has 0 aromatic heterocycles. The largest absolute Gasteiger partial charge is 4.00 e. The van der Waals surface area contributed by atoms with Gasteiger partial charge in [0.1, 0.15) is 0 Å². The van der Waals surface area contributed by atoms with Gasteiger partial charge in [-0.1, -0.05) is 0 Å². The summed E-state index contributed by atoms with van der Waals surface area (Å²) in [5, 5.41) is 0. The second-order valence-electron chi connectivity index (χ2n) is 0.447. The quantitative estimate of drug-likeness (QED) is 0.278. The van der Waals surface area contributed by atoms with Crippen LogP contribution < -0.4 is 27.1 Å². The Hall–Kier alpha value is 0.919. The fourth-order valence-electron chi connectivity index (χ4n) is 0. The molecular formula is ClFeO4P. The van der Waals surface area contributed by atoms with Crippen LogP contribution in [0.15, 0.2) is 0 Å². The fraction of sp³-hybridized carbons (Fsp3) is 0. The van der Waals surface area contributed by atoms with Gasteiger partial charge in [0.25, 0.3) is 0 Å². The first kappa shape index (κ1) is 15.7. The van der Waals surface area contributed by atoms with Gasteiger partial charge in [0.2, 0.25) is 0 Å². The number of halogens is 1. The predicted octanol–water partition coefficient (Wildman–Crippen LogP) is -5.82. The van der Waals surface area contributed by atoms with Crippen molar-refractivity contribution in [1.29, 1.82) is 0 Å². The molecule has 0 aromatic carbocycles. The standard InChI is InChI=1S/ClH.Fe.H3O4P/c;;1-5(2,3)4/h1H;;(H3,1,2,3,4)/q;+4;/p-4. The van der Waals surface area contributed by atoms with Crippen molar-refractivity contribution in [3.05, 3.63) is 0 Å². The first-order chi connectivity index (χ1) is 2.00. The van der Waals surface area contributed by atoms with Crippen LogP contribution >= 0.6 is 7.82 Å². The molecule has 4 nitrogen and oxygen atoms in total. The molecule has 7 heteroatoms. The van der Waals surface area contributed by atoms with Crippen molar-refractivity contribution in [2.24, 2.45) is 0 Å². The number of hydrogen-bond acceptors (Lipinski definition) is 4. The van der Waals surface area contributed by atoms with Crippen molar-refractivity contribution < 1.29 is 48.7 Å². The molecule has 0 amide bonds. The zero-order valence-corrected chi connectivity index (χ0v) is 5.57. The third-order valence-corrected chi connectivity index (χ3v) is 0. The topological polar surface area (TPSA) is 86.2 Å². The molecule has 0 unspecified atom stereocenters. The first-order valence-electron chi connectivity index (χ1n) is 0.730. The molecule has 0 saturated heterocycles. The van der Waals surface area contributed by atoms with Crippen molar-refractivity contribution >= 4 is 7.82 Å². The maximum Gasteiger partial charge on any atom is 4.00 e. The molecular weight excluding hydrogens is 186 g/mol.